The van der Waals surface area contributed by atoms with E-state index in [1.165, 1.54) is 47.5 Å². The number of carbonyl (C=O) groups is 3. The number of ketones is 1. The number of Topliss-reactive ketones (excluding diaryl/α,β-unsaturated/α-hetero) is 1. The lowest BCUT2D eigenvalue weighted by molar-refractivity contribution is -0.115. The molecule has 0 aliphatic heterocycles. The van der Waals surface area contributed by atoms with E-state index in [2.05, 4.69) is 5.32 Å². The SMILES string of the molecule is COC(=O)c1cc(OC)c(OC)cc1NC(=O)Cc1cc(C(C)=O)ccc1OC. The third-order valence-electron chi connectivity index (χ3n) is 4.24. The van der Waals surface area contributed by atoms with Crippen molar-refractivity contribution in [2.45, 2.75) is 13.3 Å². The van der Waals surface area contributed by atoms with E-state index in [0.717, 1.165) is 0 Å². The molecule has 0 aliphatic rings. The Labute approximate surface area is 168 Å². The number of carbonyl (C=O) groups excluding carboxylic acids is 3. The third-order valence-corrected chi connectivity index (χ3v) is 4.24. The van der Waals surface area contributed by atoms with Crippen LogP contribution in [0.5, 0.6) is 17.2 Å². The van der Waals surface area contributed by atoms with Crippen molar-refractivity contribution in [2.75, 3.05) is 33.8 Å². The van der Waals surface area contributed by atoms with Gasteiger partial charge < -0.3 is 24.3 Å². The summed E-state index contributed by atoms with van der Waals surface area (Å²) in [6, 6.07) is 7.78. The molecule has 0 fully saturated rings. The van der Waals surface area contributed by atoms with Gasteiger partial charge in [0.2, 0.25) is 5.91 Å². The molecule has 1 N–H and O–H groups in total. The Morgan fingerprint density at radius 2 is 1.48 bits per heavy atom. The van der Waals surface area contributed by atoms with E-state index < -0.39 is 11.9 Å². The maximum atomic E-state index is 12.7. The van der Waals surface area contributed by atoms with E-state index >= 15 is 0 Å². The number of rotatable bonds is 8. The second-order valence-electron chi connectivity index (χ2n) is 6.05. The van der Waals surface area contributed by atoms with Gasteiger partial charge in [-0.3, -0.25) is 9.59 Å². The Morgan fingerprint density at radius 3 is 2.03 bits per heavy atom. The monoisotopic (exact) mass is 401 g/mol. The average molecular weight is 401 g/mol. The normalized spacial score (nSPS) is 10.1. The summed E-state index contributed by atoms with van der Waals surface area (Å²) in [5.41, 5.74) is 1.33. The molecular formula is C21H23NO7. The van der Waals surface area contributed by atoms with Crippen LogP contribution in [0, 0.1) is 0 Å². The van der Waals surface area contributed by atoms with Gasteiger partial charge in [-0.15, -0.1) is 0 Å². The largest absolute Gasteiger partial charge is 0.496 e. The average Bonchev–Trinajstić information content (AvgIpc) is 2.72. The summed E-state index contributed by atoms with van der Waals surface area (Å²) in [7, 11) is 5.60. The lowest BCUT2D eigenvalue weighted by atomic mass is 10.0. The molecule has 8 nitrogen and oxygen atoms in total. The Hall–Kier alpha value is -3.55. The minimum Gasteiger partial charge on any atom is -0.496 e. The first-order valence-corrected chi connectivity index (χ1v) is 8.66. The highest BCUT2D eigenvalue weighted by Crippen LogP contribution is 2.34. The summed E-state index contributed by atoms with van der Waals surface area (Å²) in [5.74, 6) is -0.0417. The molecule has 29 heavy (non-hydrogen) atoms. The van der Waals surface area contributed by atoms with Crippen molar-refractivity contribution in [3.63, 3.8) is 0 Å². The van der Waals surface area contributed by atoms with Gasteiger partial charge in [0.15, 0.2) is 17.3 Å². The van der Waals surface area contributed by atoms with Crippen molar-refractivity contribution in [2.24, 2.45) is 0 Å². The quantitative estimate of drug-likeness (QED) is 0.536. The first-order chi connectivity index (χ1) is 13.8. The van der Waals surface area contributed by atoms with Gasteiger partial charge in [0, 0.05) is 23.3 Å². The highest BCUT2D eigenvalue weighted by molar-refractivity contribution is 6.03. The van der Waals surface area contributed by atoms with Crippen LogP contribution in [0.25, 0.3) is 0 Å². The number of hydrogen-bond donors (Lipinski definition) is 1. The molecule has 2 rings (SSSR count). The van der Waals surface area contributed by atoms with E-state index in [1.807, 2.05) is 0 Å². The minimum absolute atomic E-state index is 0.0702. The predicted molar refractivity (Wildman–Crippen MR) is 106 cm³/mol. The fraction of sp³-hybridized carbons (Fsp3) is 0.286. The first kappa shape index (κ1) is 21.7. The van der Waals surface area contributed by atoms with Crippen molar-refractivity contribution in [3.8, 4) is 17.2 Å². The van der Waals surface area contributed by atoms with Crippen LogP contribution in [-0.2, 0) is 16.0 Å². The maximum Gasteiger partial charge on any atom is 0.340 e. The Balaban J connectivity index is 2.36. The molecule has 0 unspecified atom stereocenters. The fourth-order valence-electron chi connectivity index (χ4n) is 2.76. The van der Waals surface area contributed by atoms with Crippen LogP contribution in [0.15, 0.2) is 30.3 Å². The van der Waals surface area contributed by atoms with Crippen LogP contribution < -0.4 is 19.5 Å². The minimum atomic E-state index is -0.641. The summed E-state index contributed by atoms with van der Waals surface area (Å²) < 4.78 is 20.5. The van der Waals surface area contributed by atoms with Gasteiger partial charge in [-0.05, 0) is 25.1 Å². The molecular weight excluding hydrogens is 378 g/mol. The number of methoxy groups -OCH3 is 4. The zero-order chi connectivity index (χ0) is 21.6. The molecule has 0 heterocycles. The molecule has 0 saturated carbocycles. The Kier molecular flexibility index (Phi) is 7.19. The molecule has 0 spiro atoms. The van der Waals surface area contributed by atoms with Gasteiger partial charge in [-0.25, -0.2) is 4.79 Å². The van der Waals surface area contributed by atoms with Crippen molar-refractivity contribution in [1.82, 2.24) is 0 Å². The van der Waals surface area contributed by atoms with Crippen LogP contribution in [-0.4, -0.2) is 46.1 Å². The number of anilines is 1. The lowest BCUT2D eigenvalue weighted by Gasteiger charge is -2.15. The maximum absolute atomic E-state index is 12.7. The molecule has 2 aromatic carbocycles. The summed E-state index contributed by atoms with van der Waals surface area (Å²) in [6.07, 6.45) is -0.0702. The van der Waals surface area contributed by atoms with Crippen LogP contribution in [0.2, 0.25) is 0 Å². The number of benzene rings is 2. The van der Waals surface area contributed by atoms with Crippen molar-refractivity contribution in [3.05, 3.63) is 47.0 Å². The van der Waals surface area contributed by atoms with Gasteiger partial charge in [0.25, 0.3) is 0 Å². The van der Waals surface area contributed by atoms with Crippen molar-refractivity contribution < 1.29 is 33.3 Å². The molecule has 154 valence electrons. The predicted octanol–water partition coefficient (Wildman–Crippen LogP) is 2.88. The van der Waals surface area contributed by atoms with E-state index in [-0.39, 0.29) is 23.5 Å². The smallest absolute Gasteiger partial charge is 0.340 e. The molecule has 2 aromatic rings. The molecule has 0 atom stereocenters. The standard InChI is InChI=1S/C21H23NO7/c1-12(23)13-6-7-17(26-2)14(8-13)9-20(24)22-16-11-19(28-4)18(27-3)10-15(16)21(25)29-5/h6-8,10-11H,9H2,1-5H3,(H,22,24). The topological polar surface area (TPSA) is 100 Å². The van der Waals surface area contributed by atoms with E-state index in [1.54, 1.807) is 18.2 Å². The van der Waals surface area contributed by atoms with Crippen LogP contribution in [0.4, 0.5) is 5.69 Å². The second-order valence-corrected chi connectivity index (χ2v) is 6.05. The van der Waals surface area contributed by atoms with Gasteiger partial charge in [0.05, 0.1) is 46.1 Å². The van der Waals surface area contributed by atoms with Crippen molar-refractivity contribution >= 4 is 23.3 Å². The van der Waals surface area contributed by atoms with Crippen LogP contribution >= 0.6 is 0 Å². The van der Waals surface area contributed by atoms with Crippen molar-refractivity contribution in [1.29, 1.82) is 0 Å². The molecule has 1 amide bonds. The first-order valence-electron chi connectivity index (χ1n) is 8.66. The van der Waals surface area contributed by atoms with Crippen LogP contribution in [0.3, 0.4) is 0 Å². The summed E-state index contributed by atoms with van der Waals surface area (Å²) >= 11 is 0. The zero-order valence-electron chi connectivity index (χ0n) is 17.0. The third kappa shape index (κ3) is 5.04. The Morgan fingerprint density at radius 1 is 0.862 bits per heavy atom. The number of esters is 1. The van der Waals surface area contributed by atoms with Gasteiger partial charge in [-0.1, -0.05) is 0 Å². The van der Waals surface area contributed by atoms with E-state index in [0.29, 0.717) is 28.4 Å². The fourth-order valence-corrected chi connectivity index (χ4v) is 2.76. The number of amides is 1. The molecule has 8 heteroatoms. The molecule has 0 saturated heterocycles. The van der Waals surface area contributed by atoms with Gasteiger partial charge in [0.1, 0.15) is 5.75 Å². The number of hydrogen-bond acceptors (Lipinski definition) is 7. The number of nitrogens with one attached hydrogen (secondary N) is 1. The van der Waals surface area contributed by atoms with E-state index in [4.69, 9.17) is 18.9 Å². The van der Waals surface area contributed by atoms with E-state index in [9.17, 15) is 14.4 Å². The highest BCUT2D eigenvalue weighted by atomic mass is 16.5. The number of ether oxygens (including phenoxy) is 4. The zero-order valence-corrected chi connectivity index (χ0v) is 17.0. The van der Waals surface area contributed by atoms with Gasteiger partial charge >= 0.3 is 5.97 Å². The van der Waals surface area contributed by atoms with Gasteiger partial charge in [-0.2, -0.15) is 0 Å². The summed E-state index contributed by atoms with van der Waals surface area (Å²) in [4.78, 5) is 36.4. The molecule has 0 aromatic heterocycles. The molecule has 0 aliphatic carbocycles. The Bertz CT molecular complexity index is 937. The lowest BCUT2D eigenvalue weighted by Crippen LogP contribution is -2.18. The summed E-state index contributed by atoms with van der Waals surface area (Å²) in [5, 5.41) is 2.68. The molecule has 0 radical (unpaired) electrons. The highest BCUT2D eigenvalue weighted by Gasteiger charge is 2.20. The van der Waals surface area contributed by atoms with Crippen LogP contribution in [0.1, 0.15) is 33.2 Å². The second kappa shape index (κ2) is 9.59. The summed E-state index contributed by atoms with van der Waals surface area (Å²) in [6.45, 7) is 1.44. The molecule has 0 bridgehead atoms.